The highest BCUT2D eigenvalue weighted by Crippen LogP contribution is 2.19. The standard InChI is InChI=1S/C15H14FN3O2.ClH/c16-11-2-1-3-12(13(11)14(17)18)19-8-9-4-6-10(7-5-9)15(20)21;/h1-7,19H,8H2,(H3,17,18)(H,20,21);1H. The first-order valence-electron chi connectivity index (χ1n) is 6.18. The number of nitrogens with one attached hydrogen (secondary N) is 2. The van der Waals surface area contributed by atoms with Crippen LogP contribution in [-0.2, 0) is 6.54 Å². The molecule has 0 saturated heterocycles. The average molecular weight is 324 g/mol. The van der Waals surface area contributed by atoms with Gasteiger partial charge in [-0.25, -0.2) is 9.18 Å². The number of nitrogens with two attached hydrogens (primary N) is 1. The van der Waals surface area contributed by atoms with E-state index in [0.29, 0.717) is 12.2 Å². The van der Waals surface area contributed by atoms with Gasteiger partial charge in [0.05, 0.1) is 11.1 Å². The van der Waals surface area contributed by atoms with Gasteiger partial charge in [0.25, 0.3) is 0 Å². The van der Waals surface area contributed by atoms with Crippen molar-refractivity contribution in [3.05, 3.63) is 65.0 Å². The largest absolute Gasteiger partial charge is 0.478 e. The molecule has 5 N–H and O–H groups in total. The van der Waals surface area contributed by atoms with Crippen molar-refractivity contribution in [3.63, 3.8) is 0 Å². The van der Waals surface area contributed by atoms with E-state index in [0.717, 1.165) is 5.56 Å². The first kappa shape index (κ1) is 17.5. The maximum Gasteiger partial charge on any atom is 0.335 e. The molecular weight excluding hydrogens is 309 g/mol. The van der Waals surface area contributed by atoms with Crippen LogP contribution in [0.2, 0.25) is 0 Å². The zero-order chi connectivity index (χ0) is 15.4. The van der Waals surface area contributed by atoms with Crippen LogP contribution in [0.25, 0.3) is 0 Å². The molecule has 5 nitrogen and oxygen atoms in total. The number of benzene rings is 2. The lowest BCUT2D eigenvalue weighted by atomic mass is 10.1. The summed E-state index contributed by atoms with van der Waals surface area (Å²) in [5.41, 5.74) is 6.86. The molecule has 0 aliphatic heterocycles. The van der Waals surface area contributed by atoms with E-state index in [1.54, 1.807) is 18.2 Å². The SMILES string of the molecule is Cl.N=C(N)c1c(F)cccc1NCc1ccc(C(=O)O)cc1. The van der Waals surface area contributed by atoms with Crippen LogP contribution in [0.1, 0.15) is 21.5 Å². The van der Waals surface area contributed by atoms with Gasteiger partial charge < -0.3 is 16.2 Å². The highest BCUT2D eigenvalue weighted by molar-refractivity contribution is 6.00. The number of carbonyl (C=O) groups is 1. The molecule has 0 saturated carbocycles. The third kappa shape index (κ3) is 3.95. The number of amidine groups is 1. The highest BCUT2D eigenvalue weighted by Gasteiger charge is 2.11. The average Bonchev–Trinajstić information content (AvgIpc) is 2.45. The van der Waals surface area contributed by atoms with Gasteiger partial charge in [-0.3, -0.25) is 5.41 Å². The van der Waals surface area contributed by atoms with Gasteiger partial charge in [-0.15, -0.1) is 12.4 Å². The second kappa shape index (κ2) is 7.42. The summed E-state index contributed by atoms with van der Waals surface area (Å²) in [6.07, 6.45) is 0. The lowest BCUT2D eigenvalue weighted by Gasteiger charge is -2.12. The summed E-state index contributed by atoms with van der Waals surface area (Å²) in [7, 11) is 0. The van der Waals surface area contributed by atoms with Crippen molar-refractivity contribution in [3.8, 4) is 0 Å². The number of hydrogen-bond donors (Lipinski definition) is 4. The van der Waals surface area contributed by atoms with Gasteiger partial charge in [-0.1, -0.05) is 18.2 Å². The Morgan fingerprint density at radius 3 is 2.41 bits per heavy atom. The first-order valence-corrected chi connectivity index (χ1v) is 6.18. The smallest absolute Gasteiger partial charge is 0.335 e. The van der Waals surface area contributed by atoms with E-state index in [9.17, 15) is 9.18 Å². The lowest BCUT2D eigenvalue weighted by molar-refractivity contribution is 0.0697. The fourth-order valence-electron chi connectivity index (χ4n) is 1.91. The first-order chi connectivity index (χ1) is 9.99. The molecule has 116 valence electrons. The van der Waals surface area contributed by atoms with Crippen molar-refractivity contribution in [2.24, 2.45) is 5.73 Å². The second-order valence-electron chi connectivity index (χ2n) is 4.43. The Hall–Kier alpha value is -2.60. The van der Waals surface area contributed by atoms with Crippen molar-refractivity contribution in [2.75, 3.05) is 5.32 Å². The van der Waals surface area contributed by atoms with Gasteiger partial charge in [0.2, 0.25) is 0 Å². The summed E-state index contributed by atoms with van der Waals surface area (Å²) >= 11 is 0. The Kier molecular flexibility index (Phi) is 5.89. The summed E-state index contributed by atoms with van der Waals surface area (Å²) < 4.78 is 13.6. The van der Waals surface area contributed by atoms with Crippen molar-refractivity contribution in [1.29, 1.82) is 5.41 Å². The Morgan fingerprint density at radius 1 is 1.23 bits per heavy atom. The Morgan fingerprint density at radius 2 is 1.86 bits per heavy atom. The van der Waals surface area contributed by atoms with Gasteiger partial charge in [-0.2, -0.15) is 0 Å². The fourth-order valence-corrected chi connectivity index (χ4v) is 1.91. The van der Waals surface area contributed by atoms with E-state index in [1.807, 2.05) is 0 Å². The van der Waals surface area contributed by atoms with Crippen LogP contribution in [0, 0.1) is 11.2 Å². The van der Waals surface area contributed by atoms with Crippen molar-refractivity contribution >= 4 is 29.9 Å². The van der Waals surface area contributed by atoms with Crippen LogP contribution < -0.4 is 11.1 Å². The zero-order valence-corrected chi connectivity index (χ0v) is 12.3. The third-order valence-electron chi connectivity index (χ3n) is 2.97. The molecule has 2 aromatic carbocycles. The van der Waals surface area contributed by atoms with Gasteiger partial charge in [0, 0.05) is 12.2 Å². The summed E-state index contributed by atoms with van der Waals surface area (Å²) in [4.78, 5) is 10.8. The van der Waals surface area contributed by atoms with Crippen LogP contribution in [0.15, 0.2) is 42.5 Å². The van der Waals surface area contributed by atoms with Gasteiger partial charge in [0.15, 0.2) is 0 Å². The van der Waals surface area contributed by atoms with Gasteiger partial charge >= 0.3 is 5.97 Å². The predicted octanol–water partition coefficient (Wildman–Crippen LogP) is 2.84. The molecule has 2 rings (SSSR count). The zero-order valence-electron chi connectivity index (χ0n) is 11.5. The molecule has 0 atom stereocenters. The molecule has 0 heterocycles. The molecule has 0 spiro atoms. The number of hydrogen-bond acceptors (Lipinski definition) is 3. The third-order valence-corrected chi connectivity index (χ3v) is 2.97. The normalized spacial score (nSPS) is 9.68. The summed E-state index contributed by atoms with van der Waals surface area (Å²) in [6.45, 7) is 0.365. The van der Waals surface area contributed by atoms with Crippen LogP contribution in [0.3, 0.4) is 0 Å². The molecule has 0 fully saturated rings. The highest BCUT2D eigenvalue weighted by atomic mass is 35.5. The lowest BCUT2D eigenvalue weighted by Crippen LogP contribution is -2.16. The number of rotatable bonds is 5. The van der Waals surface area contributed by atoms with Gasteiger partial charge in [-0.05, 0) is 29.8 Å². The van der Waals surface area contributed by atoms with Crippen LogP contribution in [-0.4, -0.2) is 16.9 Å². The number of carboxylic acids is 1. The minimum Gasteiger partial charge on any atom is -0.478 e. The van der Waals surface area contributed by atoms with Crippen LogP contribution in [0.5, 0.6) is 0 Å². The molecule has 7 heteroatoms. The summed E-state index contributed by atoms with van der Waals surface area (Å²) in [6, 6.07) is 10.7. The van der Waals surface area contributed by atoms with Crippen molar-refractivity contribution in [2.45, 2.75) is 6.54 Å². The molecule has 0 aliphatic carbocycles. The molecule has 0 unspecified atom stereocenters. The second-order valence-corrected chi connectivity index (χ2v) is 4.43. The monoisotopic (exact) mass is 323 g/mol. The Balaban J connectivity index is 0.00000242. The number of halogens is 2. The van der Waals surface area contributed by atoms with E-state index in [1.165, 1.54) is 24.3 Å². The number of aromatic carboxylic acids is 1. The van der Waals surface area contributed by atoms with E-state index in [4.69, 9.17) is 16.2 Å². The number of nitrogen functional groups attached to an aromatic ring is 1. The Bertz CT molecular complexity index is 690. The van der Waals surface area contributed by atoms with E-state index in [2.05, 4.69) is 5.32 Å². The van der Waals surface area contributed by atoms with Crippen molar-refractivity contribution in [1.82, 2.24) is 0 Å². The molecule has 0 aromatic heterocycles. The van der Waals surface area contributed by atoms with E-state index >= 15 is 0 Å². The van der Waals surface area contributed by atoms with Crippen molar-refractivity contribution < 1.29 is 14.3 Å². The predicted molar refractivity (Wildman–Crippen MR) is 85.4 cm³/mol. The minimum atomic E-state index is -0.987. The summed E-state index contributed by atoms with van der Waals surface area (Å²) in [5.74, 6) is -1.90. The molecule has 0 radical (unpaired) electrons. The van der Waals surface area contributed by atoms with E-state index < -0.39 is 11.8 Å². The maximum atomic E-state index is 13.6. The molecule has 22 heavy (non-hydrogen) atoms. The van der Waals surface area contributed by atoms with E-state index in [-0.39, 0.29) is 29.4 Å². The molecular formula is C15H15ClFN3O2. The minimum absolute atomic E-state index is 0. The number of carboxylic acid groups (broad SMARTS) is 1. The van der Waals surface area contributed by atoms with Crippen LogP contribution in [0.4, 0.5) is 10.1 Å². The summed E-state index contributed by atoms with van der Waals surface area (Å²) in [5, 5.41) is 19.2. The Labute approximate surface area is 132 Å². The number of anilines is 1. The topological polar surface area (TPSA) is 99.2 Å². The van der Waals surface area contributed by atoms with Crippen LogP contribution >= 0.6 is 12.4 Å². The molecule has 0 aliphatic rings. The molecule has 0 bridgehead atoms. The molecule has 2 aromatic rings. The fraction of sp³-hybridized carbons (Fsp3) is 0.0667. The molecule has 0 amide bonds. The maximum absolute atomic E-state index is 13.6. The quantitative estimate of drug-likeness (QED) is 0.502. The van der Waals surface area contributed by atoms with Gasteiger partial charge in [0.1, 0.15) is 11.7 Å².